The van der Waals surface area contributed by atoms with E-state index in [1.54, 1.807) is 0 Å². The molecule has 0 amide bonds. The number of rotatable bonds is 4. The van der Waals surface area contributed by atoms with Crippen molar-refractivity contribution in [2.75, 3.05) is 6.54 Å². The summed E-state index contributed by atoms with van der Waals surface area (Å²) in [6.07, 6.45) is 2.95. The quantitative estimate of drug-likeness (QED) is 0.880. The maximum atomic E-state index is 6.02. The summed E-state index contributed by atoms with van der Waals surface area (Å²) in [6.45, 7) is 11.5. The first-order valence-electron chi connectivity index (χ1n) is 5.79. The van der Waals surface area contributed by atoms with Crippen molar-refractivity contribution in [3.05, 3.63) is 16.9 Å². The van der Waals surface area contributed by atoms with Gasteiger partial charge in [0.2, 0.25) is 0 Å². The first-order chi connectivity index (χ1) is 7.33. The Labute approximate surface area is 103 Å². The Morgan fingerprint density at radius 2 is 2.12 bits per heavy atom. The van der Waals surface area contributed by atoms with E-state index in [0.717, 1.165) is 23.7 Å². The average Bonchev–Trinajstić information content (AvgIpc) is 2.46. The molecule has 1 aromatic heterocycles. The molecule has 0 saturated carbocycles. The Bertz CT molecular complexity index is 319. The molecular formula is C12H22ClN3. The molecule has 0 spiro atoms. The molecule has 1 heterocycles. The minimum atomic E-state index is 0.138. The topological polar surface area (TPSA) is 29.9 Å². The maximum Gasteiger partial charge on any atom is 0.0815 e. The van der Waals surface area contributed by atoms with Gasteiger partial charge in [0.1, 0.15) is 0 Å². The van der Waals surface area contributed by atoms with Gasteiger partial charge in [-0.2, -0.15) is 5.10 Å². The van der Waals surface area contributed by atoms with Crippen molar-refractivity contribution in [3.63, 3.8) is 0 Å². The van der Waals surface area contributed by atoms with Crippen LogP contribution < -0.4 is 5.32 Å². The van der Waals surface area contributed by atoms with E-state index >= 15 is 0 Å². The predicted molar refractivity (Wildman–Crippen MR) is 69.1 cm³/mol. The lowest BCUT2D eigenvalue weighted by atomic mass is 10.1. The first-order valence-corrected chi connectivity index (χ1v) is 6.17. The van der Waals surface area contributed by atoms with Crippen LogP contribution in [0.15, 0.2) is 6.20 Å². The van der Waals surface area contributed by atoms with Crippen LogP contribution in [0.2, 0.25) is 5.02 Å². The second-order valence-corrected chi connectivity index (χ2v) is 5.64. The van der Waals surface area contributed by atoms with Crippen molar-refractivity contribution in [2.24, 2.45) is 0 Å². The number of hydrogen-bond donors (Lipinski definition) is 1. The van der Waals surface area contributed by atoms with Crippen LogP contribution in [0.25, 0.3) is 0 Å². The van der Waals surface area contributed by atoms with Gasteiger partial charge in [-0.15, -0.1) is 0 Å². The van der Waals surface area contributed by atoms with Crippen LogP contribution >= 0.6 is 11.6 Å². The third-order valence-corrected chi connectivity index (χ3v) is 2.94. The fourth-order valence-electron chi connectivity index (χ4n) is 1.50. The van der Waals surface area contributed by atoms with E-state index in [-0.39, 0.29) is 5.54 Å². The maximum absolute atomic E-state index is 6.02. The molecule has 3 nitrogen and oxygen atoms in total. The zero-order chi connectivity index (χ0) is 12.3. The highest BCUT2D eigenvalue weighted by atomic mass is 35.5. The van der Waals surface area contributed by atoms with E-state index in [1.165, 1.54) is 0 Å². The molecule has 0 radical (unpaired) electrons. The first kappa shape index (κ1) is 13.5. The Morgan fingerprint density at radius 3 is 2.50 bits per heavy atom. The molecule has 4 heteroatoms. The van der Waals surface area contributed by atoms with Crippen molar-refractivity contribution in [3.8, 4) is 0 Å². The zero-order valence-electron chi connectivity index (χ0n) is 10.8. The highest BCUT2D eigenvalue weighted by molar-refractivity contribution is 6.31. The largest absolute Gasteiger partial charge is 0.310 e. The monoisotopic (exact) mass is 243 g/mol. The average molecular weight is 244 g/mol. The summed E-state index contributed by atoms with van der Waals surface area (Å²) in [7, 11) is 0. The minimum absolute atomic E-state index is 0.138. The summed E-state index contributed by atoms with van der Waals surface area (Å²) in [6, 6.07) is 0.366. The fraction of sp³-hybridized carbons (Fsp3) is 0.750. The molecule has 16 heavy (non-hydrogen) atoms. The van der Waals surface area contributed by atoms with E-state index in [2.05, 4.69) is 38.1 Å². The van der Waals surface area contributed by atoms with Gasteiger partial charge in [-0.3, -0.25) is 4.68 Å². The number of aromatic nitrogens is 2. The number of nitrogens with zero attached hydrogens (tertiary/aromatic N) is 2. The lowest BCUT2D eigenvalue weighted by molar-refractivity contribution is 0.344. The van der Waals surface area contributed by atoms with Crippen LogP contribution in [0, 0.1) is 6.92 Å². The number of halogens is 1. The molecule has 1 rings (SSSR count). The summed E-state index contributed by atoms with van der Waals surface area (Å²) in [5, 5.41) is 8.67. The molecule has 0 fully saturated rings. The zero-order valence-corrected chi connectivity index (χ0v) is 11.6. The van der Waals surface area contributed by atoms with Crippen molar-refractivity contribution in [1.29, 1.82) is 0 Å². The summed E-state index contributed by atoms with van der Waals surface area (Å²) in [4.78, 5) is 0. The summed E-state index contributed by atoms with van der Waals surface area (Å²) in [5.74, 6) is 0. The van der Waals surface area contributed by atoms with Gasteiger partial charge in [-0.25, -0.2) is 0 Å². The summed E-state index contributed by atoms with van der Waals surface area (Å²) >= 11 is 6.02. The van der Waals surface area contributed by atoms with Crippen LogP contribution in [-0.4, -0.2) is 21.9 Å². The minimum Gasteiger partial charge on any atom is -0.310 e. The molecule has 0 aliphatic carbocycles. The van der Waals surface area contributed by atoms with Gasteiger partial charge >= 0.3 is 0 Å². The normalized spacial score (nSPS) is 14.1. The lowest BCUT2D eigenvalue weighted by Crippen LogP contribution is -2.39. The van der Waals surface area contributed by atoms with Gasteiger partial charge in [-0.1, -0.05) is 18.5 Å². The van der Waals surface area contributed by atoms with Crippen LogP contribution in [0.5, 0.6) is 0 Å². The van der Waals surface area contributed by atoms with E-state index in [1.807, 2.05) is 17.8 Å². The van der Waals surface area contributed by atoms with Crippen molar-refractivity contribution in [2.45, 2.75) is 52.6 Å². The summed E-state index contributed by atoms with van der Waals surface area (Å²) < 4.78 is 1.97. The second-order valence-electron chi connectivity index (χ2n) is 5.24. The lowest BCUT2D eigenvalue weighted by Gasteiger charge is -2.24. The standard InChI is InChI=1S/C12H22ClN3/c1-6-10(7-14-12(3,4)5)16-8-11(13)9(2)15-16/h8,10,14H,6-7H2,1-5H3. The smallest absolute Gasteiger partial charge is 0.0815 e. The predicted octanol–water partition coefficient (Wildman–Crippen LogP) is 3.18. The van der Waals surface area contributed by atoms with Crippen LogP contribution in [0.3, 0.4) is 0 Å². The molecule has 0 aliphatic heterocycles. The molecule has 0 bridgehead atoms. The third-order valence-electron chi connectivity index (χ3n) is 2.57. The highest BCUT2D eigenvalue weighted by Gasteiger charge is 2.15. The molecule has 1 unspecified atom stereocenters. The molecular weight excluding hydrogens is 222 g/mol. The Hall–Kier alpha value is -0.540. The van der Waals surface area contributed by atoms with Crippen LogP contribution in [-0.2, 0) is 0 Å². The highest BCUT2D eigenvalue weighted by Crippen LogP contribution is 2.18. The van der Waals surface area contributed by atoms with Crippen LogP contribution in [0.4, 0.5) is 0 Å². The number of aryl methyl sites for hydroxylation is 1. The third kappa shape index (κ3) is 3.80. The molecule has 0 aromatic carbocycles. The summed E-state index contributed by atoms with van der Waals surface area (Å²) in [5.41, 5.74) is 1.04. The number of nitrogens with one attached hydrogen (secondary N) is 1. The molecule has 1 aromatic rings. The van der Waals surface area contributed by atoms with Gasteiger partial charge in [0.05, 0.1) is 16.8 Å². The molecule has 0 aliphatic rings. The Kier molecular flexibility index (Phi) is 4.39. The Morgan fingerprint density at radius 1 is 1.50 bits per heavy atom. The van der Waals surface area contributed by atoms with E-state index in [9.17, 15) is 0 Å². The Balaban J connectivity index is 2.68. The second kappa shape index (κ2) is 5.19. The van der Waals surface area contributed by atoms with Gasteiger partial charge in [0, 0.05) is 18.3 Å². The van der Waals surface area contributed by atoms with E-state index in [4.69, 9.17) is 11.6 Å². The fourth-order valence-corrected chi connectivity index (χ4v) is 1.63. The number of hydrogen-bond acceptors (Lipinski definition) is 2. The van der Waals surface area contributed by atoms with Crippen LogP contribution in [0.1, 0.15) is 45.9 Å². The van der Waals surface area contributed by atoms with E-state index < -0.39 is 0 Å². The van der Waals surface area contributed by atoms with Crippen molar-refractivity contribution < 1.29 is 0 Å². The van der Waals surface area contributed by atoms with Gasteiger partial charge in [0.25, 0.3) is 0 Å². The molecule has 92 valence electrons. The van der Waals surface area contributed by atoms with Gasteiger partial charge < -0.3 is 5.32 Å². The van der Waals surface area contributed by atoms with E-state index in [0.29, 0.717) is 6.04 Å². The van der Waals surface area contributed by atoms with Crippen molar-refractivity contribution >= 4 is 11.6 Å². The molecule has 1 atom stereocenters. The van der Waals surface area contributed by atoms with Gasteiger partial charge in [-0.05, 0) is 34.1 Å². The molecule has 1 N–H and O–H groups in total. The SMILES string of the molecule is CCC(CNC(C)(C)C)n1cc(Cl)c(C)n1. The molecule has 0 saturated heterocycles. The van der Waals surface area contributed by atoms with Gasteiger partial charge in [0.15, 0.2) is 0 Å². The van der Waals surface area contributed by atoms with Crippen molar-refractivity contribution in [1.82, 2.24) is 15.1 Å².